The number of nitro benzene ring substituents is 1. The summed E-state index contributed by atoms with van der Waals surface area (Å²) in [6.07, 6.45) is 2.03. The molecule has 2 heterocycles. The van der Waals surface area contributed by atoms with Crippen molar-refractivity contribution in [3.8, 4) is 33.5 Å². The second-order valence-electron chi connectivity index (χ2n) is 8.63. The van der Waals surface area contributed by atoms with E-state index in [0.717, 1.165) is 72.9 Å². The zero-order valence-corrected chi connectivity index (χ0v) is 19.7. The van der Waals surface area contributed by atoms with E-state index in [1.165, 1.54) is 17.7 Å². The fourth-order valence-corrected chi connectivity index (χ4v) is 4.36. The fourth-order valence-electron chi connectivity index (χ4n) is 4.36. The molecule has 1 radical (unpaired) electrons. The van der Waals surface area contributed by atoms with Crippen LogP contribution in [0.3, 0.4) is 0 Å². The number of ether oxygens (including phenoxy) is 1. The van der Waals surface area contributed by atoms with Crippen LogP contribution in [0.5, 0.6) is 0 Å². The average molecular weight is 468 g/mol. The lowest BCUT2D eigenvalue weighted by Gasteiger charge is -2.26. The van der Waals surface area contributed by atoms with Crippen LogP contribution in [0.1, 0.15) is 12.5 Å². The molecule has 0 bridgehead atoms. The van der Waals surface area contributed by atoms with E-state index in [0.29, 0.717) is 0 Å². The second kappa shape index (κ2) is 10.2. The molecule has 1 aliphatic heterocycles. The Kier molecular flexibility index (Phi) is 6.70. The normalized spacial score (nSPS) is 14.2. The number of morpholine rings is 1. The molecule has 177 valence electrons. The van der Waals surface area contributed by atoms with Crippen molar-refractivity contribution < 1.29 is 9.66 Å². The van der Waals surface area contributed by atoms with Crippen LogP contribution in [0.25, 0.3) is 33.5 Å². The summed E-state index contributed by atoms with van der Waals surface area (Å²) in [6, 6.07) is 24.7. The maximum absolute atomic E-state index is 11.1. The van der Waals surface area contributed by atoms with Gasteiger partial charge in [-0.25, -0.2) is 0 Å². The molecule has 7 nitrogen and oxygen atoms in total. The maximum Gasteiger partial charge on any atom is 0.269 e. The van der Waals surface area contributed by atoms with Crippen molar-refractivity contribution in [3.63, 3.8) is 0 Å². The van der Waals surface area contributed by atoms with Crippen molar-refractivity contribution in [2.75, 3.05) is 26.3 Å². The smallest absolute Gasteiger partial charge is 0.269 e. The summed E-state index contributed by atoms with van der Waals surface area (Å²) in [5, 5.41) is 15.8. The molecule has 4 aromatic rings. The SMILES string of the molecule is CCn1cc(-c2cc[c]c(-c3ccc(CN4CCOCC4)cc3)c2)c(-c2ccc([N+](=O)[O-])cc2)n1. The van der Waals surface area contributed by atoms with Crippen LogP contribution in [-0.2, 0) is 17.8 Å². The largest absolute Gasteiger partial charge is 0.379 e. The highest BCUT2D eigenvalue weighted by atomic mass is 16.6. The van der Waals surface area contributed by atoms with E-state index in [2.05, 4.69) is 41.3 Å². The highest BCUT2D eigenvalue weighted by Crippen LogP contribution is 2.34. The molecule has 0 N–H and O–H groups in total. The lowest BCUT2D eigenvalue weighted by atomic mass is 9.97. The molecule has 1 saturated heterocycles. The molecule has 0 spiro atoms. The minimum Gasteiger partial charge on any atom is -0.379 e. The summed E-state index contributed by atoms with van der Waals surface area (Å²) >= 11 is 0. The Morgan fingerprint density at radius 2 is 1.71 bits per heavy atom. The van der Waals surface area contributed by atoms with Gasteiger partial charge in [-0.2, -0.15) is 5.10 Å². The van der Waals surface area contributed by atoms with Crippen molar-refractivity contribution >= 4 is 5.69 Å². The van der Waals surface area contributed by atoms with Crippen molar-refractivity contribution in [2.45, 2.75) is 20.0 Å². The number of hydrogen-bond donors (Lipinski definition) is 0. The lowest BCUT2D eigenvalue weighted by Crippen LogP contribution is -2.35. The van der Waals surface area contributed by atoms with Gasteiger partial charge in [-0.05, 0) is 53.4 Å². The number of hydrogen-bond acceptors (Lipinski definition) is 5. The minimum absolute atomic E-state index is 0.0684. The minimum atomic E-state index is -0.388. The third-order valence-electron chi connectivity index (χ3n) is 6.32. The highest BCUT2D eigenvalue weighted by molar-refractivity contribution is 5.83. The van der Waals surface area contributed by atoms with E-state index in [1.54, 1.807) is 12.1 Å². The van der Waals surface area contributed by atoms with Gasteiger partial charge < -0.3 is 4.74 Å². The van der Waals surface area contributed by atoms with Gasteiger partial charge in [0.15, 0.2) is 0 Å². The number of non-ortho nitro benzene ring substituents is 1. The van der Waals surface area contributed by atoms with E-state index < -0.39 is 0 Å². The lowest BCUT2D eigenvalue weighted by molar-refractivity contribution is -0.384. The number of aromatic nitrogens is 2. The van der Waals surface area contributed by atoms with Gasteiger partial charge in [-0.3, -0.25) is 19.7 Å². The zero-order chi connectivity index (χ0) is 24.2. The van der Waals surface area contributed by atoms with Crippen LogP contribution >= 0.6 is 0 Å². The Labute approximate surface area is 204 Å². The number of aryl methyl sites for hydroxylation is 1. The molecule has 0 unspecified atom stereocenters. The molecular weight excluding hydrogens is 440 g/mol. The van der Waals surface area contributed by atoms with Crippen molar-refractivity contribution in [2.24, 2.45) is 0 Å². The first-order valence-electron chi connectivity index (χ1n) is 11.8. The fraction of sp³-hybridized carbons (Fsp3) is 0.250. The van der Waals surface area contributed by atoms with Gasteiger partial charge in [-0.1, -0.05) is 36.4 Å². The second-order valence-corrected chi connectivity index (χ2v) is 8.63. The number of rotatable bonds is 7. The Morgan fingerprint density at radius 3 is 2.40 bits per heavy atom. The first-order valence-corrected chi connectivity index (χ1v) is 11.8. The van der Waals surface area contributed by atoms with E-state index in [-0.39, 0.29) is 10.6 Å². The van der Waals surface area contributed by atoms with Gasteiger partial charge in [0.05, 0.1) is 18.1 Å². The van der Waals surface area contributed by atoms with Crippen molar-refractivity contribution in [1.82, 2.24) is 14.7 Å². The first kappa shape index (κ1) is 23.0. The molecule has 1 aliphatic rings. The third-order valence-corrected chi connectivity index (χ3v) is 6.32. The van der Waals surface area contributed by atoms with Crippen LogP contribution in [0.15, 0.2) is 72.9 Å². The number of nitrogens with zero attached hydrogens (tertiary/aromatic N) is 4. The standard InChI is InChI=1S/C28H27N4O3/c1-2-31-20-27(28(29-31)23-10-12-26(13-11-23)32(33)34)25-5-3-4-24(18-25)22-8-6-21(7-9-22)19-30-14-16-35-17-15-30/h3,5-13,18,20H,2,14-17,19H2,1H3. The Bertz CT molecular complexity index is 1310. The Hall–Kier alpha value is -3.81. The summed E-state index contributed by atoms with van der Waals surface area (Å²) in [5.74, 6) is 0. The van der Waals surface area contributed by atoms with E-state index in [4.69, 9.17) is 9.84 Å². The van der Waals surface area contributed by atoms with Gasteiger partial charge in [0, 0.05) is 55.6 Å². The van der Waals surface area contributed by atoms with Crippen molar-refractivity contribution in [1.29, 1.82) is 0 Å². The number of benzene rings is 3. The monoisotopic (exact) mass is 467 g/mol. The topological polar surface area (TPSA) is 73.4 Å². The van der Waals surface area contributed by atoms with Gasteiger partial charge in [-0.15, -0.1) is 0 Å². The molecule has 1 aromatic heterocycles. The molecule has 1 fully saturated rings. The van der Waals surface area contributed by atoms with Gasteiger partial charge in [0.1, 0.15) is 5.69 Å². The highest BCUT2D eigenvalue weighted by Gasteiger charge is 2.15. The van der Waals surface area contributed by atoms with E-state index in [9.17, 15) is 10.1 Å². The average Bonchev–Trinajstić information content (AvgIpc) is 3.35. The molecule has 5 rings (SSSR count). The van der Waals surface area contributed by atoms with Gasteiger partial charge in [0.25, 0.3) is 5.69 Å². The summed E-state index contributed by atoms with van der Waals surface area (Å²) in [6.45, 7) is 7.25. The molecule has 0 amide bonds. The van der Waals surface area contributed by atoms with Gasteiger partial charge >= 0.3 is 0 Å². The molecule has 35 heavy (non-hydrogen) atoms. The van der Waals surface area contributed by atoms with Crippen molar-refractivity contribution in [3.05, 3.63) is 94.7 Å². The molecule has 0 atom stereocenters. The van der Waals surface area contributed by atoms with Crippen LogP contribution in [-0.4, -0.2) is 45.9 Å². The zero-order valence-electron chi connectivity index (χ0n) is 19.7. The van der Waals surface area contributed by atoms with E-state index in [1.807, 2.05) is 29.9 Å². The predicted molar refractivity (Wildman–Crippen MR) is 136 cm³/mol. The summed E-state index contributed by atoms with van der Waals surface area (Å²) in [7, 11) is 0. The summed E-state index contributed by atoms with van der Waals surface area (Å²) in [5.41, 5.74) is 7.15. The maximum atomic E-state index is 11.1. The van der Waals surface area contributed by atoms with Crippen LogP contribution in [0.4, 0.5) is 5.69 Å². The Morgan fingerprint density at radius 1 is 1.00 bits per heavy atom. The quantitative estimate of drug-likeness (QED) is 0.267. The Balaban J connectivity index is 1.42. The first-order chi connectivity index (χ1) is 17.1. The summed E-state index contributed by atoms with van der Waals surface area (Å²) in [4.78, 5) is 13.1. The predicted octanol–water partition coefficient (Wildman–Crippen LogP) is 5.44. The molecule has 0 aliphatic carbocycles. The molecule has 7 heteroatoms. The third kappa shape index (κ3) is 5.16. The molecular formula is C28H27N4O3. The molecule has 0 saturated carbocycles. The van der Waals surface area contributed by atoms with Crippen LogP contribution in [0.2, 0.25) is 0 Å². The van der Waals surface area contributed by atoms with Crippen LogP contribution < -0.4 is 0 Å². The number of nitro groups is 1. The van der Waals surface area contributed by atoms with Crippen LogP contribution in [0, 0.1) is 16.2 Å². The molecule has 3 aromatic carbocycles. The summed E-state index contributed by atoms with van der Waals surface area (Å²) < 4.78 is 7.33. The van der Waals surface area contributed by atoms with Gasteiger partial charge in [0.2, 0.25) is 0 Å². The van der Waals surface area contributed by atoms with E-state index >= 15 is 0 Å².